The summed E-state index contributed by atoms with van der Waals surface area (Å²) in [5.41, 5.74) is 0.906. The van der Waals surface area contributed by atoms with Crippen molar-refractivity contribution in [3.05, 3.63) is 81.2 Å². The molecule has 0 bridgehead atoms. The largest absolute Gasteiger partial charge is 0.236 e. The first-order valence-electron chi connectivity index (χ1n) is 6.88. The summed E-state index contributed by atoms with van der Waals surface area (Å²) < 4.78 is 26.5. The van der Waals surface area contributed by atoms with E-state index in [4.69, 9.17) is 10.5 Å². The third kappa shape index (κ3) is 4.78. The third-order valence-electron chi connectivity index (χ3n) is 2.98. The summed E-state index contributed by atoms with van der Waals surface area (Å²) in [6, 6.07) is 13.9. The van der Waals surface area contributed by atoms with Crippen molar-refractivity contribution in [3.63, 3.8) is 0 Å². The van der Waals surface area contributed by atoms with E-state index in [0.29, 0.717) is 9.13 Å². The van der Waals surface area contributed by atoms with Crippen molar-refractivity contribution in [3.8, 4) is 23.5 Å². The summed E-state index contributed by atoms with van der Waals surface area (Å²) in [6.45, 7) is 0. The van der Waals surface area contributed by atoms with Gasteiger partial charge in [-0.05, 0) is 59.0 Å². The van der Waals surface area contributed by atoms with Crippen LogP contribution in [0.5, 0.6) is 0 Å². The van der Waals surface area contributed by atoms with Crippen molar-refractivity contribution >= 4 is 22.6 Å². The van der Waals surface area contributed by atoms with Crippen molar-refractivity contribution in [1.29, 1.82) is 10.5 Å². The second-order valence-electron chi connectivity index (χ2n) is 4.58. The molecule has 0 saturated carbocycles. The highest BCUT2D eigenvalue weighted by Crippen LogP contribution is 2.22. The average Bonchev–Trinajstić information content (AvgIpc) is 2.63. The van der Waals surface area contributed by atoms with Crippen LogP contribution in [-0.2, 0) is 0 Å². The lowest BCUT2D eigenvalue weighted by Gasteiger charge is -2.02. The van der Waals surface area contributed by atoms with Crippen molar-refractivity contribution in [2.75, 3.05) is 0 Å². The molecule has 3 aromatic rings. The molecule has 25 heavy (non-hydrogen) atoms. The second kappa shape index (κ2) is 8.81. The van der Waals surface area contributed by atoms with Crippen LogP contribution in [0.2, 0.25) is 0 Å². The number of nitrogens with zero attached hydrogens (tertiary/aromatic N) is 4. The molecule has 122 valence electrons. The fourth-order valence-corrected chi connectivity index (χ4v) is 2.45. The highest BCUT2D eigenvalue weighted by molar-refractivity contribution is 14.1. The normalized spacial score (nSPS) is 9.32. The van der Waals surface area contributed by atoms with Gasteiger partial charge in [0.05, 0.1) is 22.8 Å². The van der Waals surface area contributed by atoms with Gasteiger partial charge < -0.3 is 0 Å². The zero-order valence-corrected chi connectivity index (χ0v) is 14.8. The first-order valence-corrected chi connectivity index (χ1v) is 7.96. The predicted molar refractivity (Wildman–Crippen MR) is 96.0 cm³/mol. The molecule has 0 aliphatic heterocycles. The maximum atomic E-state index is 13.5. The van der Waals surface area contributed by atoms with E-state index in [1.807, 2.05) is 34.7 Å². The first kappa shape index (κ1) is 18.4. The van der Waals surface area contributed by atoms with E-state index in [0.717, 1.165) is 0 Å². The molecule has 0 aliphatic carbocycles. The molecule has 1 aromatic heterocycles. The van der Waals surface area contributed by atoms with E-state index in [1.54, 1.807) is 6.07 Å². The summed E-state index contributed by atoms with van der Waals surface area (Å²) in [5.74, 6) is -0.559. The van der Waals surface area contributed by atoms with E-state index in [2.05, 4.69) is 9.97 Å². The smallest absolute Gasteiger partial charge is 0.163 e. The molecule has 0 unspecified atom stereocenters. The summed E-state index contributed by atoms with van der Waals surface area (Å²) in [7, 11) is 0. The molecular weight excluding hydrogens is 437 g/mol. The van der Waals surface area contributed by atoms with Gasteiger partial charge in [-0.15, -0.1) is 0 Å². The van der Waals surface area contributed by atoms with Gasteiger partial charge >= 0.3 is 0 Å². The van der Waals surface area contributed by atoms with Crippen molar-refractivity contribution < 1.29 is 8.78 Å². The van der Waals surface area contributed by atoms with Crippen molar-refractivity contribution in [1.82, 2.24) is 9.97 Å². The Kier molecular flexibility index (Phi) is 6.49. The Morgan fingerprint density at radius 2 is 1.56 bits per heavy atom. The zero-order valence-electron chi connectivity index (χ0n) is 12.6. The van der Waals surface area contributed by atoms with Gasteiger partial charge in [0.15, 0.2) is 5.82 Å². The van der Waals surface area contributed by atoms with Gasteiger partial charge in [0.25, 0.3) is 0 Å². The molecule has 0 atom stereocenters. The molecule has 2 aromatic carbocycles. The minimum absolute atomic E-state index is 0.153. The van der Waals surface area contributed by atoms with Crippen LogP contribution < -0.4 is 0 Å². The number of hydrogen-bond acceptors (Lipinski definition) is 4. The molecule has 4 nitrogen and oxygen atoms in total. The quantitative estimate of drug-likeness (QED) is 0.518. The van der Waals surface area contributed by atoms with E-state index in [9.17, 15) is 8.78 Å². The Balaban J connectivity index is 0.000000196. The molecule has 0 fully saturated rings. The van der Waals surface area contributed by atoms with E-state index in [1.165, 1.54) is 48.8 Å². The molecule has 0 spiro atoms. The minimum atomic E-state index is -0.486. The SMILES string of the molecule is N#Cc1ccc(F)cc1I.N#Cc1cccc(F)c1-c1ncccn1. The van der Waals surface area contributed by atoms with Gasteiger partial charge in [0, 0.05) is 16.0 Å². The summed E-state index contributed by atoms with van der Waals surface area (Å²) in [6.07, 6.45) is 3.02. The zero-order chi connectivity index (χ0) is 18.2. The molecule has 7 heteroatoms. The number of hydrogen-bond donors (Lipinski definition) is 0. The second-order valence-corrected chi connectivity index (χ2v) is 5.74. The highest BCUT2D eigenvalue weighted by Gasteiger charge is 2.12. The van der Waals surface area contributed by atoms with Crippen LogP contribution in [0.15, 0.2) is 54.9 Å². The van der Waals surface area contributed by atoms with Gasteiger partial charge in [-0.3, -0.25) is 0 Å². The Hall–Kier alpha value is -2.91. The molecule has 1 heterocycles. The van der Waals surface area contributed by atoms with Gasteiger partial charge in [0.2, 0.25) is 0 Å². The van der Waals surface area contributed by atoms with E-state index >= 15 is 0 Å². The van der Waals surface area contributed by atoms with Crippen LogP contribution >= 0.6 is 22.6 Å². The van der Waals surface area contributed by atoms with Gasteiger partial charge in [-0.2, -0.15) is 10.5 Å². The van der Waals surface area contributed by atoms with Crippen LogP contribution in [0.1, 0.15) is 11.1 Å². The first-order chi connectivity index (χ1) is 12.1. The third-order valence-corrected chi connectivity index (χ3v) is 3.87. The lowest BCUT2D eigenvalue weighted by atomic mass is 10.1. The predicted octanol–water partition coefficient (Wildman–Crippen LogP) is 4.46. The molecule has 0 amide bonds. The highest BCUT2D eigenvalue weighted by atomic mass is 127. The maximum absolute atomic E-state index is 13.5. The van der Waals surface area contributed by atoms with Crippen LogP contribution in [0, 0.1) is 37.9 Å². The van der Waals surface area contributed by atoms with Crippen LogP contribution in [0.3, 0.4) is 0 Å². The molecule has 0 radical (unpaired) electrons. The Morgan fingerprint density at radius 3 is 2.16 bits per heavy atom. The van der Waals surface area contributed by atoms with E-state index in [-0.39, 0.29) is 22.8 Å². The fraction of sp³-hybridized carbons (Fsp3) is 0. The lowest BCUT2D eigenvalue weighted by Crippen LogP contribution is -1.94. The minimum Gasteiger partial charge on any atom is -0.236 e. The van der Waals surface area contributed by atoms with Gasteiger partial charge in [-0.25, -0.2) is 18.7 Å². The standard InChI is InChI=1S/C11H6FN3.C7H3FIN/c12-9-4-1-3-8(7-13)10(9)11-14-5-2-6-15-11;8-6-2-1-5(4-10)7(9)3-6/h1-6H;1-3H. The number of aromatic nitrogens is 2. The maximum Gasteiger partial charge on any atom is 0.163 e. The topological polar surface area (TPSA) is 73.4 Å². The molecule has 3 rings (SSSR count). The molecule has 0 N–H and O–H groups in total. The average molecular weight is 446 g/mol. The molecule has 0 saturated heterocycles. The van der Waals surface area contributed by atoms with Crippen LogP contribution in [0.4, 0.5) is 8.78 Å². The van der Waals surface area contributed by atoms with Gasteiger partial charge in [-0.1, -0.05) is 6.07 Å². The summed E-state index contributed by atoms with van der Waals surface area (Å²) in [5, 5.41) is 17.3. The number of benzene rings is 2. The molecule has 0 aliphatic rings. The Morgan fingerprint density at radius 1 is 0.880 bits per heavy atom. The van der Waals surface area contributed by atoms with Crippen LogP contribution in [-0.4, -0.2) is 9.97 Å². The summed E-state index contributed by atoms with van der Waals surface area (Å²) >= 11 is 1.92. The Labute approximate surface area is 156 Å². The van der Waals surface area contributed by atoms with Crippen molar-refractivity contribution in [2.24, 2.45) is 0 Å². The number of halogens is 3. The van der Waals surface area contributed by atoms with Gasteiger partial charge in [0.1, 0.15) is 17.7 Å². The number of rotatable bonds is 1. The Bertz CT molecular complexity index is 963. The number of nitriles is 2. The lowest BCUT2D eigenvalue weighted by molar-refractivity contribution is 0.626. The monoisotopic (exact) mass is 446 g/mol. The fourth-order valence-electron chi connectivity index (χ4n) is 1.85. The van der Waals surface area contributed by atoms with Crippen LogP contribution in [0.25, 0.3) is 11.4 Å². The summed E-state index contributed by atoms with van der Waals surface area (Å²) in [4.78, 5) is 7.83. The van der Waals surface area contributed by atoms with E-state index < -0.39 is 5.82 Å². The van der Waals surface area contributed by atoms with Crippen molar-refractivity contribution in [2.45, 2.75) is 0 Å². The molecular formula is C18H9F2IN4.